The van der Waals surface area contributed by atoms with Gasteiger partial charge in [0, 0.05) is 12.8 Å². The molecule has 0 spiro atoms. The van der Waals surface area contributed by atoms with Crippen LogP contribution in [0.3, 0.4) is 0 Å². The number of unbranched alkanes of at least 4 members (excludes halogenated alkanes) is 1. The number of carbonyl (C=O) groups excluding carboxylic acids is 1. The Morgan fingerprint density at radius 2 is 2.08 bits per heavy atom. The van der Waals surface area contributed by atoms with E-state index in [0.29, 0.717) is 19.6 Å². The molecular weight excluding hydrogens is 316 g/mol. The normalized spacial score (nSPS) is 29.2. The number of rotatable bonds is 8. The Kier molecular flexibility index (Phi) is 6.79. The van der Waals surface area contributed by atoms with Crippen LogP contribution in [0.15, 0.2) is 42.5 Å². The van der Waals surface area contributed by atoms with Crippen molar-refractivity contribution in [2.45, 2.75) is 70.1 Å². The first kappa shape index (κ1) is 18.3. The summed E-state index contributed by atoms with van der Waals surface area (Å²) >= 11 is 0. The molecule has 0 radical (unpaired) electrons. The van der Waals surface area contributed by atoms with E-state index >= 15 is 0 Å². The molecule has 0 aliphatic carbocycles. The molecule has 0 bridgehead atoms. The van der Waals surface area contributed by atoms with E-state index in [0.717, 1.165) is 25.7 Å². The topological polar surface area (TPSA) is 44.8 Å². The van der Waals surface area contributed by atoms with Crippen molar-refractivity contribution in [1.29, 1.82) is 0 Å². The highest BCUT2D eigenvalue weighted by Crippen LogP contribution is 2.31. The van der Waals surface area contributed by atoms with Gasteiger partial charge in [0.15, 0.2) is 5.78 Å². The molecule has 4 nitrogen and oxygen atoms in total. The third-order valence-electron chi connectivity index (χ3n) is 4.90. The van der Waals surface area contributed by atoms with E-state index in [2.05, 4.69) is 19.1 Å². The van der Waals surface area contributed by atoms with Gasteiger partial charge >= 0.3 is 0 Å². The number of hydrogen-bond acceptors (Lipinski definition) is 4. The summed E-state index contributed by atoms with van der Waals surface area (Å²) in [6.45, 7) is 3.30. The van der Waals surface area contributed by atoms with Crippen LogP contribution in [0.4, 0.5) is 0 Å². The highest BCUT2D eigenvalue weighted by atomic mass is 16.6. The Morgan fingerprint density at radius 1 is 1.24 bits per heavy atom. The maximum Gasteiger partial charge on any atom is 0.184 e. The zero-order valence-electron chi connectivity index (χ0n) is 14.9. The van der Waals surface area contributed by atoms with Crippen LogP contribution in [0.5, 0.6) is 0 Å². The lowest BCUT2D eigenvalue weighted by Gasteiger charge is -2.21. The molecule has 2 aliphatic heterocycles. The molecule has 2 heterocycles. The molecule has 0 N–H and O–H groups in total. The van der Waals surface area contributed by atoms with Crippen LogP contribution in [0, 0.1) is 0 Å². The lowest BCUT2D eigenvalue weighted by Crippen LogP contribution is -2.30. The number of benzene rings is 1. The number of hydrogen-bond donors (Lipinski definition) is 0. The zero-order valence-corrected chi connectivity index (χ0v) is 14.9. The van der Waals surface area contributed by atoms with Gasteiger partial charge in [-0.1, -0.05) is 56.2 Å². The zero-order chi connectivity index (χ0) is 17.5. The maximum atomic E-state index is 11.9. The summed E-state index contributed by atoms with van der Waals surface area (Å²) in [6.07, 6.45) is 7.99. The van der Waals surface area contributed by atoms with Crippen molar-refractivity contribution in [1.82, 2.24) is 0 Å². The lowest BCUT2D eigenvalue weighted by molar-refractivity contribution is -0.129. The number of carbonyl (C=O) groups is 1. The smallest absolute Gasteiger partial charge is 0.184 e. The Hall–Kier alpha value is -1.49. The number of ether oxygens (including phenoxy) is 3. The van der Waals surface area contributed by atoms with Gasteiger partial charge in [-0.25, -0.2) is 0 Å². The second-order valence-corrected chi connectivity index (χ2v) is 6.87. The molecule has 1 aromatic carbocycles. The Labute approximate surface area is 150 Å². The minimum atomic E-state index is -0.366. The van der Waals surface area contributed by atoms with E-state index in [1.54, 1.807) is 12.2 Å². The highest BCUT2D eigenvalue weighted by molar-refractivity contribution is 5.94. The van der Waals surface area contributed by atoms with Crippen molar-refractivity contribution in [2.75, 3.05) is 6.61 Å². The van der Waals surface area contributed by atoms with E-state index in [1.165, 1.54) is 5.56 Å². The summed E-state index contributed by atoms with van der Waals surface area (Å²) in [7, 11) is 0. The van der Waals surface area contributed by atoms with Crippen molar-refractivity contribution < 1.29 is 19.0 Å². The summed E-state index contributed by atoms with van der Waals surface area (Å²) in [6, 6.07) is 10.2. The van der Waals surface area contributed by atoms with Gasteiger partial charge in [-0.05, 0) is 18.1 Å². The molecule has 4 heteroatoms. The van der Waals surface area contributed by atoms with Crippen LogP contribution in [0.2, 0.25) is 0 Å². The van der Waals surface area contributed by atoms with Crippen LogP contribution >= 0.6 is 0 Å². The largest absolute Gasteiger partial charge is 0.372 e. The fourth-order valence-corrected chi connectivity index (χ4v) is 3.51. The van der Waals surface area contributed by atoms with Crippen LogP contribution in [0.25, 0.3) is 0 Å². The molecule has 1 aromatic rings. The molecule has 136 valence electrons. The Morgan fingerprint density at radius 3 is 2.84 bits per heavy atom. The SMILES string of the molecule is CCCC[C@H]1O[C@@H](C[C@H]2OCC=CC2=O)C[C@H]1OCc1ccccc1. The summed E-state index contributed by atoms with van der Waals surface area (Å²) in [5, 5.41) is 0. The van der Waals surface area contributed by atoms with Crippen LogP contribution < -0.4 is 0 Å². The van der Waals surface area contributed by atoms with E-state index in [9.17, 15) is 4.79 Å². The third kappa shape index (κ3) is 5.24. The van der Waals surface area contributed by atoms with E-state index < -0.39 is 0 Å². The van der Waals surface area contributed by atoms with Gasteiger partial charge in [-0.15, -0.1) is 0 Å². The average molecular weight is 344 g/mol. The van der Waals surface area contributed by atoms with E-state index in [-0.39, 0.29) is 30.2 Å². The van der Waals surface area contributed by atoms with Gasteiger partial charge in [0.05, 0.1) is 31.5 Å². The van der Waals surface area contributed by atoms with Crippen molar-refractivity contribution in [3.8, 4) is 0 Å². The van der Waals surface area contributed by atoms with Crippen molar-refractivity contribution in [2.24, 2.45) is 0 Å². The predicted molar refractivity (Wildman–Crippen MR) is 96.3 cm³/mol. The first-order valence-corrected chi connectivity index (χ1v) is 9.39. The van der Waals surface area contributed by atoms with Gasteiger partial charge in [-0.2, -0.15) is 0 Å². The fourth-order valence-electron chi connectivity index (χ4n) is 3.51. The predicted octanol–water partition coefficient (Wildman–Crippen LogP) is 3.83. The summed E-state index contributed by atoms with van der Waals surface area (Å²) in [4.78, 5) is 11.9. The van der Waals surface area contributed by atoms with E-state index in [1.807, 2.05) is 18.2 Å². The van der Waals surface area contributed by atoms with Gasteiger partial charge in [0.1, 0.15) is 6.10 Å². The van der Waals surface area contributed by atoms with Crippen LogP contribution in [-0.2, 0) is 25.6 Å². The summed E-state index contributed by atoms with van der Waals surface area (Å²) in [5.41, 5.74) is 1.18. The molecule has 1 saturated heterocycles. The molecule has 0 saturated carbocycles. The van der Waals surface area contributed by atoms with Gasteiger partial charge in [0.2, 0.25) is 0 Å². The standard InChI is InChI=1S/C21H28O4/c1-2-3-11-19-21(24-15-16-8-5-4-6-9-16)14-17(25-19)13-20-18(22)10-7-12-23-20/h4-10,17,19-21H,2-3,11-15H2,1H3/t17-,19+,20+,21+/m0/s1. The van der Waals surface area contributed by atoms with Crippen molar-refractivity contribution >= 4 is 5.78 Å². The quantitative estimate of drug-likeness (QED) is 0.719. The molecule has 1 fully saturated rings. The Bertz CT molecular complexity index is 569. The molecule has 0 amide bonds. The molecule has 3 rings (SSSR count). The molecule has 2 aliphatic rings. The van der Waals surface area contributed by atoms with Crippen molar-refractivity contribution in [3.05, 3.63) is 48.0 Å². The molecule has 0 aromatic heterocycles. The van der Waals surface area contributed by atoms with Gasteiger partial charge < -0.3 is 14.2 Å². The second-order valence-electron chi connectivity index (χ2n) is 6.87. The minimum absolute atomic E-state index is 0.0306. The van der Waals surface area contributed by atoms with Crippen LogP contribution in [0.1, 0.15) is 44.6 Å². The monoisotopic (exact) mass is 344 g/mol. The second kappa shape index (κ2) is 9.27. The molecule has 0 unspecified atom stereocenters. The van der Waals surface area contributed by atoms with E-state index in [4.69, 9.17) is 14.2 Å². The summed E-state index contributed by atoms with van der Waals surface area (Å²) in [5.74, 6) is 0.0496. The fraction of sp³-hybridized carbons (Fsp3) is 0.571. The first-order chi connectivity index (χ1) is 12.3. The third-order valence-corrected chi connectivity index (χ3v) is 4.90. The first-order valence-electron chi connectivity index (χ1n) is 9.39. The van der Waals surface area contributed by atoms with Crippen LogP contribution in [-0.4, -0.2) is 36.8 Å². The Balaban J connectivity index is 1.55. The average Bonchev–Trinajstić information content (AvgIpc) is 3.02. The maximum absolute atomic E-state index is 11.9. The minimum Gasteiger partial charge on any atom is -0.372 e. The lowest BCUT2D eigenvalue weighted by atomic mass is 10.0. The summed E-state index contributed by atoms with van der Waals surface area (Å²) < 4.78 is 18.0. The van der Waals surface area contributed by atoms with Gasteiger partial charge in [0.25, 0.3) is 0 Å². The van der Waals surface area contributed by atoms with Crippen molar-refractivity contribution in [3.63, 3.8) is 0 Å². The molecule has 25 heavy (non-hydrogen) atoms. The number of ketones is 1. The molecular formula is C21H28O4. The van der Waals surface area contributed by atoms with Gasteiger partial charge in [-0.3, -0.25) is 4.79 Å². The molecule has 4 atom stereocenters. The highest BCUT2D eigenvalue weighted by Gasteiger charge is 2.37.